The number of aromatic nitrogens is 3. The third kappa shape index (κ3) is 5.25. The molecule has 37 heavy (non-hydrogen) atoms. The zero-order valence-corrected chi connectivity index (χ0v) is 21.4. The summed E-state index contributed by atoms with van der Waals surface area (Å²) >= 11 is 0. The summed E-state index contributed by atoms with van der Waals surface area (Å²) in [5.41, 5.74) is 10.3. The number of hydrogen-bond donors (Lipinski definition) is 4. The normalized spacial score (nSPS) is 14.0. The molecule has 3 heterocycles. The third-order valence-electron chi connectivity index (χ3n) is 6.77. The highest BCUT2D eigenvalue weighted by molar-refractivity contribution is 5.98. The molecule has 0 spiro atoms. The minimum atomic E-state index is 0.0658. The molecule has 0 bridgehead atoms. The maximum absolute atomic E-state index is 7.80. The summed E-state index contributed by atoms with van der Waals surface area (Å²) in [6.45, 7) is 3.67. The van der Waals surface area contributed by atoms with Crippen molar-refractivity contribution in [1.82, 2.24) is 15.0 Å². The lowest BCUT2D eigenvalue weighted by Gasteiger charge is -2.34. The fourth-order valence-electron chi connectivity index (χ4n) is 4.81. The van der Waals surface area contributed by atoms with Gasteiger partial charge in [-0.25, -0.2) is 15.0 Å². The van der Waals surface area contributed by atoms with E-state index >= 15 is 0 Å². The van der Waals surface area contributed by atoms with Crippen LogP contribution in [-0.2, 0) is 0 Å². The molecule has 9 heteroatoms. The van der Waals surface area contributed by atoms with Crippen LogP contribution in [0.25, 0.3) is 22.0 Å². The molecule has 9 nitrogen and oxygen atoms in total. The van der Waals surface area contributed by atoms with Gasteiger partial charge in [0.05, 0.1) is 12.8 Å². The van der Waals surface area contributed by atoms with E-state index in [9.17, 15) is 0 Å². The molecule has 0 atom stereocenters. The standard InChI is InChI=1S/C28H32N8O/c1-17-12-20(27(29)30)15-26(33-17)36-10-7-21(8-11-36)34-25-14-19(24-6-9-32-28(31-2)35-24)13-18-4-5-22(37-3)16-23(18)25/h4-6,9,12-16,21,34H,7-8,10-11H2,1-3H3,(H3,29,30)(H,31,32,35). The number of hydrogen-bond acceptors (Lipinski definition) is 8. The van der Waals surface area contributed by atoms with Crippen LogP contribution in [0.4, 0.5) is 17.5 Å². The lowest BCUT2D eigenvalue weighted by atomic mass is 9.99. The van der Waals surface area contributed by atoms with Crippen LogP contribution in [0.1, 0.15) is 24.1 Å². The third-order valence-corrected chi connectivity index (χ3v) is 6.77. The Morgan fingerprint density at radius 1 is 1.08 bits per heavy atom. The fraction of sp³-hybridized carbons (Fsp3) is 0.286. The van der Waals surface area contributed by atoms with Gasteiger partial charge in [-0.3, -0.25) is 5.41 Å². The van der Waals surface area contributed by atoms with Crippen LogP contribution in [0.3, 0.4) is 0 Å². The van der Waals surface area contributed by atoms with E-state index in [1.165, 1.54) is 0 Å². The molecule has 4 aromatic rings. The van der Waals surface area contributed by atoms with Gasteiger partial charge in [0.2, 0.25) is 5.95 Å². The second kappa shape index (κ2) is 10.3. The average molecular weight is 497 g/mol. The van der Waals surface area contributed by atoms with Crippen LogP contribution in [0.15, 0.2) is 54.7 Å². The van der Waals surface area contributed by atoms with Crippen molar-refractivity contribution in [3.8, 4) is 17.0 Å². The molecular formula is C28H32N8O. The van der Waals surface area contributed by atoms with Crippen molar-refractivity contribution in [2.75, 3.05) is 42.8 Å². The number of methoxy groups -OCH3 is 1. The number of ether oxygens (including phenoxy) is 1. The summed E-state index contributed by atoms with van der Waals surface area (Å²) < 4.78 is 5.52. The molecule has 5 rings (SSSR count). The van der Waals surface area contributed by atoms with Gasteiger partial charge >= 0.3 is 0 Å². The van der Waals surface area contributed by atoms with Crippen LogP contribution in [0.2, 0.25) is 0 Å². The van der Waals surface area contributed by atoms with Crippen molar-refractivity contribution in [1.29, 1.82) is 5.41 Å². The second-order valence-electron chi connectivity index (χ2n) is 9.30. The number of rotatable bonds is 7. The second-order valence-corrected chi connectivity index (χ2v) is 9.30. The first-order valence-corrected chi connectivity index (χ1v) is 12.4. The zero-order valence-electron chi connectivity index (χ0n) is 21.4. The highest BCUT2D eigenvalue weighted by Gasteiger charge is 2.22. The molecule has 5 N–H and O–H groups in total. The molecular weight excluding hydrogens is 464 g/mol. The number of nitrogens with zero attached hydrogens (tertiary/aromatic N) is 4. The van der Waals surface area contributed by atoms with Crippen LogP contribution in [0, 0.1) is 12.3 Å². The predicted octanol–water partition coefficient (Wildman–Crippen LogP) is 4.42. The number of nitrogens with one attached hydrogen (secondary N) is 3. The smallest absolute Gasteiger partial charge is 0.222 e. The fourth-order valence-corrected chi connectivity index (χ4v) is 4.81. The number of amidine groups is 1. The van der Waals surface area contributed by atoms with Crippen molar-refractivity contribution in [3.05, 3.63) is 66.0 Å². The van der Waals surface area contributed by atoms with Gasteiger partial charge in [-0.2, -0.15) is 0 Å². The van der Waals surface area contributed by atoms with Gasteiger partial charge in [0, 0.05) is 60.3 Å². The van der Waals surface area contributed by atoms with E-state index in [1.807, 2.05) is 38.2 Å². The van der Waals surface area contributed by atoms with E-state index in [4.69, 9.17) is 20.9 Å². The van der Waals surface area contributed by atoms with Gasteiger partial charge in [0.15, 0.2) is 0 Å². The Morgan fingerprint density at radius 3 is 2.62 bits per heavy atom. The number of aryl methyl sites for hydroxylation is 1. The van der Waals surface area contributed by atoms with Gasteiger partial charge in [-0.05, 0) is 67.6 Å². The van der Waals surface area contributed by atoms with Gasteiger partial charge < -0.3 is 26.0 Å². The van der Waals surface area contributed by atoms with E-state index in [1.54, 1.807) is 13.3 Å². The Morgan fingerprint density at radius 2 is 1.89 bits per heavy atom. The summed E-state index contributed by atoms with van der Waals surface area (Å²) in [6, 6.07) is 16.5. The van der Waals surface area contributed by atoms with Gasteiger partial charge in [0.1, 0.15) is 17.4 Å². The van der Waals surface area contributed by atoms with Crippen LogP contribution in [-0.4, -0.2) is 54.1 Å². The monoisotopic (exact) mass is 496 g/mol. The zero-order chi connectivity index (χ0) is 25.9. The Hall–Kier alpha value is -4.40. The number of piperidine rings is 1. The van der Waals surface area contributed by atoms with E-state index < -0.39 is 0 Å². The first kappa shape index (κ1) is 24.3. The molecule has 0 radical (unpaired) electrons. The predicted molar refractivity (Wildman–Crippen MR) is 150 cm³/mol. The summed E-state index contributed by atoms with van der Waals surface area (Å²) in [6.07, 6.45) is 3.68. The average Bonchev–Trinajstić information content (AvgIpc) is 2.92. The summed E-state index contributed by atoms with van der Waals surface area (Å²) in [5, 5.41) is 16.9. The minimum absolute atomic E-state index is 0.0658. The molecule has 0 amide bonds. The quantitative estimate of drug-likeness (QED) is 0.219. The number of nitrogen functional groups attached to an aromatic ring is 1. The molecule has 0 unspecified atom stereocenters. The van der Waals surface area contributed by atoms with Crippen LogP contribution >= 0.6 is 0 Å². The van der Waals surface area contributed by atoms with E-state index in [2.05, 4.69) is 49.8 Å². The number of nitrogens with two attached hydrogens (primary N) is 1. The van der Waals surface area contributed by atoms with Gasteiger partial charge in [0.25, 0.3) is 0 Å². The van der Waals surface area contributed by atoms with Crippen molar-refractivity contribution in [2.24, 2.45) is 5.73 Å². The maximum Gasteiger partial charge on any atom is 0.222 e. The first-order chi connectivity index (χ1) is 17.9. The van der Waals surface area contributed by atoms with E-state index in [0.717, 1.165) is 70.9 Å². The summed E-state index contributed by atoms with van der Waals surface area (Å²) in [5.74, 6) is 2.36. The molecule has 0 saturated carbocycles. The molecule has 0 aliphatic carbocycles. The number of pyridine rings is 1. The molecule has 190 valence electrons. The highest BCUT2D eigenvalue weighted by Crippen LogP contribution is 2.34. The van der Waals surface area contributed by atoms with Crippen molar-refractivity contribution in [2.45, 2.75) is 25.8 Å². The largest absolute Gasteiger partial charge is 0.497 e. The maximum atomic E-state index is 7.80. The Bertz CT molecular complexity index is 1450. The van der Waals surface area contributed by atoms with E-state index in [-0.39, 0.29) is 5.84 Å². The molecule has 2 aromatic heterocycles. The lowest BCUT2D eigenvalue weighted by molar-refractivity contribution is 0.415. The first-order valence-electron chi connectivity index (χ1n) is 12.4. The molecule has 1 aliphatic heterocycles. The summed E-state index contributed by atoms with van der Waals surface area (Å²) in [7, 11) is 3.51. The van der Waals surface area contributed by atoms with Gasteiger partial charge in [-0.1, -0.05) is 6.07 Å². The Labute approximate surface area is 216 Å². The number of fused-ring (bicyclic) bond motifs is 1. The Balaban J connectivity index is 1.41. The Kier molecular flexibility index (Phi) is 6.76. The van der Waals surface area contributed by atoms with Crippen molar-refractivity contribution in [3.63, 3.8) is 0 Å². The van der Waals surface area contributed by atoms with E-state index in [0.29, 0.717) is 17.6 Å². The number of benzene rings is 2. The molecule has 1 fully saturated rings. The topological polar surface area (TPSA) is 125 Å². The minimum Gasteiger partial charge on any atom is -0.497 e. The molecule has 1 aliphatic rings. The SMILES string of the molecule is CNc1nccc(-c2cc(NC3CCN(c4cc(C(=N)N)cc(C)n4)CC3)c3cc(OC)ccc3c2)n1. The number of anilines is 3. The lowest BCUT2D eigenvalue weighted by Crippen LogP contribution is -2.39. The highest BCUT2D eigenvalue weighted by atomic mass is 16.5. The van der Waals surface area contributed by atoms with Gasteiger partial charge in [-0.15, -0.1) is 0 Å². The van der Waals surface area contributed by atoms with Crippen LogP contribution < -0.4 is 26.0 Å². The van der Waals surface area contributed by atoms with Crippen molar-refractivity contribution < 1.29 is 4.74 Å². The summed E-state index contributed by atoms with van der Waals surface area (Å²) in [4.78, 5) is 15.9. The van der Waals surface area contributed by atoms with Crippen LogP contribution in [0.5, 0.6) is 5.75 Å². The van der Waals surface area contributed by atoms with Crippen molar-refractivity contribution >= 4 is 34.1 Å². The molecule has 2 aromatic carbocycles. The molecule has 1 saturated heterocycles.